The third-order valence-electron chi connectivity index (χ3n) is 2.08. The van der Waals surface area contributed by atoms with Crippen LogP contribution in [0.3, 0.4) is 0 Å². The molecule has 6 nitrogen and oxygen atoms in total. The van der Waals surface area contributed by atoms with Crippen LogP contribution in [0.25, 0.3) is 0 Å². The van der Waals surface area contributed by atoms with E-state index in [1.54, 1.807) is 31.2 Å². The van der Waals surface area contributed by atoms with E-state index in [4.69, 9.17) is 19.6 Å². The van der Waals surface area contributed by atoms with Crippen molar-refractivity contribution in [2.24, 2.45) is 0 Å². The van der Waals surface area contributed by atoms with Crippen molar-refractivity contribution in [1.29, 1.82) is 0 Å². The molecular weight excluding hydrogens is 236 g/mol. The number of benzene rings is 1. The van der Waals surface area contributed by atoms with Crippen LogP contribution in [0.15, 0.2) is 34.9 Å². The molecule has 0 saturated carbocycles. The van der Waals surface area contributed by atoms with Gasteiger partial charge in [-0.2, -0.15) is 4.98 Å². The summed E-state index contributed by atoms with van der Waals surface area (Å²) in [5.41, 5.74) is 6.21. The number of anilines is 1. The Labute approximate surface area is 103 Å². The van der Waals surface area contributed by atoms with Gasteiger partial charge in [0.15, 0.2) is 11.4 Å². The van der Waals surface area contributed by atoms with Gasteiger partial charge in [-0.05, 0) is 19.1 Å². The monoisotopic (exact) mass is 248 g/mol. The maximum absolute atomic E-state index is 11.4. The summed E-state index contributed by atoms with van der Waals surface area (Å²) in [6, 6.07) is 6.90. The number of aromatic nitrogens is 1. The lowest BCUT2D eigenvalue weighted by molar-refractivity contribution is 0.0519. The SMILES string of the molecule is CCOC(=O)c1coc(Oc2ccccc2N)n1. The number of carbonyl (C=O) groups is 1. The molecule has 1 aromatic heterocycles. The quantitative estimate of drug-likeness (QED) is 0.659. The van der Waals surface area contributed by atoms with Gasteiger partial charge in [0.05, 0.1) is 12.3 Å². The minimum atomic E-state index is -0.558. The lowest BCUT2D eigenvalue weighted by Crippen LogP contribution is -2.04. The summed E-state index contributed by atoms with van der Waals surface area (Å²) in [7, 11) is 0. The molecule has 2 aromatic rings. The molecule has 0 spiro atoms. The summed E-state index contributed by atoms with van der Waals surface area (Å²) in [6.45, 7) is 1.98. The number of hydrogen-bond acceptors (Lipinski definition) is 6. The summed E-state index contributed by atoms with van der Waals surface area (Å²) in [6.07, 6.45) is 1.11. The molecule has 0 saturated heterocycles. The number of ether oxygens (including phenoxy) is 2. The molecule has 0 amide bonds. The number of nitrogens with two attached hydrogens (primary N) is 1. The molecule has 1 heterocycles. The van der Waals surface area contributed by atoms with Crippen molar-refractivity contribution < 1.29 is 18.7 Å². The third kappa shape index (κ3) is 2.60. The van der Waals surface area contributed by atoms with Crippen LogP contribution >= 0.6 is 0 Å². The smallest absolute Gasteiger partial charge is 0.399 e. The number of para-hydroxylation sites is 2. The Morgan fingerprint density at radius 3 is 2.94 bits per heavy atom. The van der Waals surface area contributed by atoms with E-state index in [9.17, 15) is 4.79 Å². The maximum Gasteiger partial charge on any atom is 0.399 e. The van der Waals surface area contributed by atoms with Crippen LogP contribution in [0, 0.1) is 0 Å². The van der Waals surface area contributed by atoms with Gasteiger partial charge in [-0.25, -0.2) is 4.79 Å². The number of rotatable bonds is 4. The summed E-state index contributed by atoms with van der Waals surface area (Å²) >= 11 is 0. The molecule has 0 aliphatic carbocycles. The van der Waals surface area contributed by atoms with Crippen LogP contribution in [0.2, 0.25) is 0 Å². The standard InChI is InChI=1S/C12H12N2O4/c1-2-16-11(15)9-7-17-12(14-9)18-10-6-4-3-5-8(10)13/h3-7H,2,13H2,1H3. The van der Waals surface area contributed by atoms with Gasteiger partial charge in [-0.15, -0.1) is 0 Å². The topological polar surface area (TPSA) is 87.6 Å². The number of nitrogens with zero attached hydrogens (tertiary/aromatic N) is 1. The number of hydrogen-bond donors (Lipinski definition) is 1. The zero-order valence-electron chi connectivity index (χ0n) is 9.75. The van der Waals surface area contributed by atoms with E-state index in [1.807, 2.05) is 0 Å². The molecule has 2 N–H and O–H groups in total. The van der Waals surface area contributed by atoms with E-state index in [2.05, 4.69) is 4.98 Å². The number of esters is 1. The Hall–Kier alpha value is -2.50. The van der Waals surface area contributed by atoms with Crippen LogP contribution < -0.4 is 10.5 Å². The van der Waals surface area contributed by atoms with Gasteiger partial charge in [-0.3, -0.25) is 0 Å². The highest BCUT2D eigenvalue weighted by atomic mass is 16.6. The minimum Gasteiger partial charge on any atom is -0.461 e. The predicted molar refractivity (Wildman–Crippen MR) is 63.4 cm³/mol. The van der Waals surface area contributed by atoms with E-state index in [1.165, 1.54) is 6.26 Å². The zero-order valence-corrected chi connectivity index (χ0v) is 9.75. The molecule has 0 bridgehead atoms. The minimum absolute atomic E-state index is 0.0568. The van der Waals surface area contributed by atoms with Gasteiger partial charge in [-0.1, -0.05) is 12.1 Å². The Bertz CT molecular complexity index is 551. The Morgan fingerprint density at radius 2 is 2.22 bits per heavy atom. The lowest BCUT2D eigenvalue weighted by atomic mass is 10.3. The lowest BCUT2D eigenvalue weighted by Gasteiger charge is -2.02. The van der Waals surface area contributed by atoms with Gasteiger partial charge in [0, 0.05) is 0 Å². The molecule has 2 rings (SSSR count). The second-order valence-electron chi connectivity index (χ2n) is 3.36. The third-order valence-corrected chi connectivity index (χ3v) is 2.08. The molecule has 0 aliphatic heterocycles. The number of oxazole rings is 1. The normalized spacial score (nSPS) is 10.1. The molecule has 6 heteroatoms. The van der Waals surface area contributed by atoms with E-state index < -0.39 is 5.97 Å². The average Bonchev–Trinajstić information content (AvgIpc) is 2.81. The molecule has 1 aromatic carbocycles. The first-order chi connectivity index (χ1) is 8.70. The first-order valence-corrected chi connectivity index (χ1v) is 5.35. The van der Waals surface area contributed by atoms with Gasteiger partial charge >= 0.3 is 12.0 Å². The Kier molecular flexibility index (Phi) is 3.47. The fraction of sp³-hybridized carbons (Fsp3) is 0.167. The van der Waals surface area contributed by atoms with Crippen molar-refractivity contribution in [3.63, 3.8) is 0 Å². The first kappa shape index (κ1) is 12.0. The molecule has 0 unspecified atom stereocenters. The van der Waals surface area contributed by atoms with Crippen LogP contribution in [0.1, 0.15) is 17.4 Å². The second kappa shape index (κ2) is 5.22. The van der Waals surface area contributed by atoms with Crippen molar-refractivity contribution in [1.82, 2.24) is 4.98 Å². The van der Waals surface area contributed by atoms with Gasteiger partial charge < -0.3 is 19.6 Å². The van der Waals surface area contributed by atoms with Crippen molar-refractivity contribution in [2.45, 2.75) is 6.92 Å². The van der Waals surface area contributed by atoms with Crippen molar-refractivity contribution >= 4 is 11.7 Å². The second-order valence-corrected chi connectivity index (χ2v) is 3.36. The van der Waals surface area contributed by atoms with E-state index in [-0.39, 0.29) is 18.4 Å². The molecule has 0 atom stereocenters. The Morgan fingerprint density at radius 1 is 1.44 bits per heavy atom. The van der Waals surface area contributed by atoms with E-state index >= 15 is 0 Å². The summed E-state index contributed by atoms with van der Waals surface area (Å²) in [4.78, 5) is 15.2. The van der Waals surface area contributed by atoms with Gasteiger partial charge in [0.1, 0.15) is 6.26 Å². The van der Waals surface area contributed by atoms with Crippen LogP contribution in [-0.2, 0) is 4.74 Å². The molecule has 18 heavy (non-hydrogen) atoms. The van der Waals surface area contributed by atoms with Crippen LogP contribution in [0.5, 0.6) is 11.8 Å². The molecular formula is C12H12N2O4. The summed E-state index contributed by atoms with van der Waals surface area (Å²) in [5.74, 6) is -0.146. The Balaban J connectivity index is 2.12. The van der Waals surface area contributed by atoms with E-state index in [0.29, 0.717) is 11.4 Å². The first-order valence-electron chi connectivity index (χ1n) is 5.35. The van der Waals surface area contributed by atoms with Crippen molar-refractivity contribution in [3.8, 4) is 11.8 Å². The van der Waals surface area contributed by atoms with Crippen molar-refractivity contribution in [2.75, 3.05) is 12.3 Å². The highest BCUT2D eigenvalue weighted by Crippen LogP contribution is 2.26. The average molecular weight is 248 g/mol. The zero-order chi connectivity index (χ0) is 13.0. The predicted octanol–water partition coefficient (Wildman–Crippen LogP) is 2.23. The highest BCUT2D eigenvalue weighted by Gasteiger charge is 2.14. The molecule has 0 fully saturated rings. The highest BCUT2D eigenvalue weighted by molar-refractivity contribution is 5.86. The van der Waals surface area contributed by atoms with Crippen molar-refractivity contribution in [3.05, 3.63) is 36.2 Å². The maximum atomic E-state index is 11.4. The fourth-order valence-electron chi connectivity index (χ4n) is 1.27. The molecule has 0 radical (unpaired) electrons. The molecule has 94 valence electrons. The summed E-state index contributed by atoms with van der Waals surface area (Å²) < 4.78 is 15.1. The van der Waals surface area contributed by atoms with Crippen LogP contribution in [-0.4, -0.2) is 17.6 Å². The van der Waals surface area contributed by atoms with E-state index in [0.717, 1.165) is 0 Å². The summed E-state index contributed by atoms with van der Waals surface area (Å²) in [5, 5.41) is 0. The van der Waals surface area contributed by atoms with Gasteiger partial charge in [0.25, 0.3) is 0 Å². The largest absolute Gasteiger partial charge is 0.461 e. The fourth-order valence-corrected chi connectivity index (χ4v) is 1.27. The number of nitrogen functional groups attached to an aromatic ring is 1. The number of carbonyl (C=O) groups excluding carboxylic acids is 1. The van der Waals surface area contributed by atoms with Crippen LogP contribution in [0.4, 0.5) is 5.69 Å². The van der Waals surface area contributed by atoms with Gasteiger partial charge in [0.2, 0.25) is 0 Å². The molecule has 0 aliphatic rings.